The van der Waals surface area contributed by atoms with Crippen LogP contribution in [0, 0.1) is 6.92 Å². The third-order valence-electron chi connectivity index (χ3n) is 4.54. The van der Waals surface area contributed by atoms with Crippen molar-refractivity contribution >= 4 is 6.03 Å². The third kappa shape index (κ3) is 3.76. The lowest BCUT2D eigenvalue weighted by Gasteiger charge is -2.31. The number of hydrogen-bond donors (Lipinski definition) is 1. The fourth-order valence-corrected chi connectivity index (χ4v) is 2.97. The number of ether oxygens (including phenoxy) is 1. The molecule has 0 spiro atoms. The number of rotatable bonds is 4. The minimum Gasteiger partial charge on any atom is -0.381 e. The van der Waals surface area contributed by atoms with Crippen LogP contribution in [-0.4, -0.2) is 46.8 Å². The van der Waals surface area contributed by atoms with Crippen LogP contribution in [0.5, 0.6) is 0 Å². The summed E-state index contributed by atoms with van der Waals surface area (Å²) in [5.41, 5.74) is 2.14. The Kier molecular flexibility index (Phi) is 5.15. The Morgan fingerprint density at radius 1 is 1.33 bits per heavy atom. The van der Waals surface area contributed by atoms with Crippen molar-refractivity contribution in [3.63, 3.8) is 0 Å². The Morgan fingerprint density at radius 3 is 2.67 bits per heavy atom. The van der Waals surface area contributed by atoms with Crippen LogP contribution >= 0.6 is 0 Å². The lowest BCUT2D eigenvalue weighted by molar-refractivity contribution is 0.0525. The van der Waals surface area contributed by atoms with Gasteiger partial charge in [-0.25, -0.2) is 9.78 Å². The molecule has 3 rings (SSSR count). The fraction of sp³-hybridized carbons (Fsp3) is 0.444. The van der Waals surface area contributed by atoms with E-state index in [1.54, 1.807) is 11.1 Å². The molecule has 1 aromatic carbocycles. The number of imidazole rings is 1. The third-order valence-corrected chi connectivity index (χ3v) is 4.54. The molecule has 6 nitrogen and oxygen atoms in total. The molecule has 0 atom stereocenters. The number of carbonyl (C=O) groups excluding carboxylic acids is 1. The highest BCUT2D eigenvalue weighted by molar-refractivity contribution is 5.74. The number of nitrogens with zero attached hydrogens (tertiary/aromatic N) is 3. The molecule has 0 radical (unpaired) electrons. The monoisotopic (exact) mass is 328 g/mol. The summed E-state index contributed by atoms with van der Waals surface area (Å²) in [6.07, 6.45) is 5.54. The molecule has 1 aromatic heterocycles. The number of nitrogens with one attached hydrogen (secondary N) is 1. The van der Waals surface area contributed by atoms with Crippen molar-refractivity contribution in [2.45, 2.75) is 32.4 Å². The molecule has 24 heavy (non-hydrogen) atoms. The van der Waals surface area contributed by atoms with Gasteiger partial charge in [0.05, 0.1) is 0 Å². The highest BCUT2D eigenvalue weighted by Gasteiger charge is 2.22. The zero-order chi connectivity index (χ0) is 16.9. The summed E-state index contributed by atoms with van der Waals surface area (Å²) >= 11 is 0. The number of aromatic nitrogens is 2. The predicted octanol–water partition coefficient (Wildman–Crippen LogP) is 2.50. The van der Waals surface area contributed by atoms with Crippen LogP contribution in [0.15, 0.2) is 36.7 Å². The quantitative estimate of drug-likeness (QED) is 0.938. The van der Waals surface area contributed by atoms with Gasteiger partial charge < -0.3 is 19.5 Å². The Labute approximate surface area is 142 Å². The van der Waals surface area contributed by atoms with Crippen molar-refractivity contribution in [3.05, 3.63) is 48.0 Å². The maximum atomic E-state index is 12.3. The van der Waals surface area contributed by atoms with E-state index in [9.17, 15) is 4.79 Å². The van der Waals surface area contributed by atoms with Crippen molar-refractivity contribution in [1.29, 1.82) is 0 Å². The van der Waals surface area contributed by atoms with Crippen molar-refractivity contribution in [3.8, 4) is 5.69 Å². The molecule has 1 N–H and O–H groups in total. The van der Waals surface area contributed by atoms with Gasteiger partial charge in [0, 0.05) is 50.9 Å². The molecule has 1 fully saturated rings. The summed E-state index contributed by atoms with van der Waals surface area (Å²) in [7, 11) is 1.86. The van der Waals surface area contributed by atoms with Crippen LogP contribution in [-0.2, 0) is 11.3 Å². The number of carbonyl (C=O) groups is 1. The molecule has 0 bridgehead atoms. The average Bonchev–Trinajstić information content (AvgIpc) is 3.06. The molecule has 1 aliphatic heterocycles. The molecular formula is C18H24N4O2. The van der Waals surface area contributed by atoms with E-state index in [1.165, 1.54) is 0 Å². The first-order valence-corrected chi connectivity index (χ1v) is 8.33. The van der Waals surface area contributed by atoms with Crippen LogP contribution in [0.1, 0.15) is 24.2 Å². The smallest absolute Gasteiger partial charge is 0.317 e. The Bertz CT molecular complexity index is 675. The van der Waals surface area contributed by atoms with Gasteiger partial charge in [-0.2, -0.15) is 0 Å². The molecule has 1 aliphatic rings. The molecule has 0 unspecified atom stereocenters. The summed E-state index contributed by atoms with van der Waals surface area (Å²) in [5.74, 6) is 0.953. The van der Waals surface area contributed by atoms with E-state index >= 15 is 0 Å². The van der Waals surface area contributed by atoms with Gasteiger partial charge >= 0.3 is 6.03 Å². The standard InChI is InChI=1S/C18H24N4O2/c1-14-19-9-10-22(14)17-5-3-15(4-6-17)13-20-18(23)21(2)16-7-11-24-12-8-16/h3-6,9-10,16H,7-8,11-13H2,1-2H3,(H,20,23). The second kappa shape index (κ2) is 7.49. The van der Waals surface area contributed by atoms with Crippen LogP contribution < -0.4 is 5.32 Å². The molecule has 6 heteroatoms. The molecule has 2 amide bonds. The largest absolute Gasteiger partial charge is 0.381 e. The molecule has 1 saturated heterocycles. The van der Waals surface area contributed by atoms with E-state index in [1.807, 2.05) is 49.0 Å². The SMILES string of the molecule is Cc1nccn1-c1ccc(CNC(=O)N(C)C2CCOCC2)cc1. The summed E-state index contributed by atoms with van der Waals surface area (Å²) < 4.78 is 7.37. The molecule has 2 aromatic rings. The summed E-state index contributed by atoms with van der Waals surface area (Å²) in [4.78, 5) is 18.3. The van der Waals surface area contributed by atoms with Crippen molar-refractivity contribution in [1.82, 2.24) is 19.8 Å². The molecule has 128 valence electrons. The molecule has 2 heterocycles. The van der Waals surface area contributed by atoms with E-state index in [4.69, 9.17) is 4.74 Å². The fourth-order valence-electron chi connectivity index (χ4n) is 2.97. The van der Waals surface area contributed by atoms with Crippen molar-refractivity contribution < 1.29 is 9.53 Å². The molecule has 0 aliphatic carbocycles. The number of benzene rings is 1. The zero-order valence-corrected chi connectivity index (χ0v) is 14.2. The van der Waals surface area contributed by atoms with Gasteiger partial charge in [0.2, 0.25) is 0 Å². The van der Waals surface area contributed by atoms with Gasteiger partial charge in [-0.1, -0.05) is 12.1 Å². The maximum Gasteiger partial charge on any atom is 0.317 e. The number of aryl methyl sites for hydroxylation is 1. The summed E-state index contributed by atoms with van der Waals surface area (Å²) in [6, 6.07) is 8.38. The van der Waals surface area contributed by atoms with E-state index < -0.39 is 0 Å². The number of amides is 2. The first-order chi connectivity index (χ1) is 11.6. The van der Waals surface area contributed by atoms with E-state index in [0.29, 0.717) is 6.54 Å². The van der Waals surface area contributed by atoms with Crippen LogP contribution in [0.2, 0.25) is 0 Å². The second-order valence-electron chi connectivity index (χ2n) is 6.12. The van der Waals surface area contributed by atoms with Gasteiger partial charge in [0.25, 0.3) is 0 Å². The molecular weight excluding hydrogens is 304 g/mol. The Balaban J connectivity index is 1.54. The van der Waals surface area contributed by atoms with Gasteiger partial charge in [0.15, 0.2) is 0 Å². The lowest BCUT2D eigenvalue weighted by Crippen LogP contribution is -2.45. The Hall–Kier alpha value is -2.34. The molecule has 0 saturated carbocycles. The first kappa shape index (κ1) is 16.5. The van der Waals surface area contributed by atoms with E-state index in [2.05, 4.69) is 10.3 Å². The van der Waals surface area contributed by atoms with Gasteiger partial charge in [-0.15, -0.1) is 0 Å². The first-order valence-electron chi connectivity index (χ1n) is 8.33. The minimum atomic E-state index is -0.0311. The van der Waals surface area contributed by atoms with E-state index in [0.717, 1.165) is 43.1 Å². The normalized spacial score (nSPS) is 15.2. The Morgan fingerprint density at radius 2 is 2.04 bits per heavy atom. The van der Waals surface area contributed by atoms with Crippen molar-refractivity contribution in [2.75, 3.05) is 20.3 Å². The highest BCUT2D eigenvalue weighted by atomic mass is 16.5. The number of urea groups is 1. The maximum absolute atomic E-state index is 12.3. The van der Waals surface area contributed by atoms with Gasteiger partial charge in [-0.3, -0.25) is 0 Å². The topological polar surface area (TPSA) is 59.4 Å². The van der Waals surface area contributed by atoms with Crippen LogP contribution in [0.25, 0.3) is 5.69 Å². The number of hydrogen-bond acceptors (Lipinski definition) is 3. The highest BCUT2D eigenvalue weighted by Crippen LogP contribution is 2.14. The van der Waals surface area contributed by atoms with Crippen LogP contribution in [0.4, 0.5) is 4.79 Å². The van der Waals surface area contributed by atoms with Gasteiger partial charge in [0.1, 0.15) is 5.82 Å². The summed E-state index contributed by atoms with van der Waals surface area (Å²) in [5, 5.41) is 2.99. The summed E-state index contributed by atoms with van der Waals surface area (Å²) in [6.45, 7) is 3.96. The van der Waals surface area contributed by atoms with Crippen molar-refractivity contribution in [2.24, 2.45) is 0 Å². The lowest BCUT2D eigenvalue weighted by atomic mass is 10.1. The average molecular weight is 328 g/mol. The van der Waals surface area contributed by atoms with E-state index in [-0.39, 0.29) is 12.1 Å². The van der Waals surface area contributed by atoms with Gasteiger partial charge in [-0.05, 0) is 37.5 Å². The minimum absolute atomic E-state index is 0.0311. The predicted molar refractivity (Wildman–Crippen MR) is 92.1 cm³/mol. The second-order valence-corrected chi connectivity index (χ2v) is 6.12. The zero-order valence-electron chi connectivity index (χ0n) is 14.2. The van der Waals surface area contributed by atoms with Crippen LogP contribution in [0.3, 0.4) is 0 Å².